The Kier molecular flexibility index (Phi) is 1.24. The Bertz CT molecular complexity index is 619. The van der Waals surface area contributed by atoms with Crippen LogP contribution in [0, 0.1) is 6.92 Å². The number of nitrogen functional groups attached to an aromatic ring is 1. The summed E-state index contributed by atoms with van der Waals surface area (Å²) in [6.45, 7) is 1.87. The molecule has 3 aromatic rings. The molecule has 0 aliphatic rings. The number of hydrogen-bond acceptors (Lipinski definition) is 2. The van der Waals surface area contributed by atoms with Gasteiger partial charge in [-0.25, -0.2) is 0 Å². The molecule has 0 spiro atoms. The Morgan fingerprint density at radius 1 is 1.29 bits per heavy atom. The molecule has 70 valence electrons. The van der Waals surface area contributed by atoms with Crippen LogP contribution >= 0.6 is 0 Å². The van der Waals surface area contributed by atoms with Gasteiger partial charge in [0.15, 0.2) is 0 Å². The highest BCUT2D eigenvalue weighted by Gasteiger charge is 2.10. The smallest absolute Gasteiger partial charge is 0.206 e. The zero-order valence-corrected chi connectivity index (χ0v) is 7.82. The molecule has 0 saturated heterocycles. The zero-order valence-electron chi connectivity index (χ0n) is 7.82. The molecular formula is C11H10N2O. The second-order valence-electron chi connectivity index (χ2n) is 3.42. The molecule has 2 N–H and O–H groups in total. The summed E-state index contributed by atoms with van der Waals surface area (Å²) in [5.41, 5.74) is 7.82. The first kappa shape index (κ1) is 7.50. The summed E-state index contributed by atoms with van der Waals surface area (Å²) in [6.07, 6.45) is 0. The molecule has 0 aliphatic carbocycles. The highest BCUT2D eigenvalue weighted by atomic mass is 16.3. The predicted molar refractivity (Wildman–Crippen MR) is 56.3 cm³/mol. The lowest BCUT2D eigenvalue weighted by molar-refractivity contribution is 0.575. The Balaban J connectivity index is 2.62. The minimum atomic E-state index is 0.682. The van der Waals surface area contributed by atoms with Crippen molar-refractivity contribution < 1.29 is 4.42 Å². The van der Waals surface area contributed by atoms with E-state index < -0.39 is 0 Å². The van der Waals surface area contributed by atoms with Crippen LogP contribution in [-0.4, -0.2) is 4.40 Å². The maximum absolute atomic E-state index is 5.92. The number of nitrogens with two attached hydrogens (primary N) is 1. The molecule has 3 rings (SSSR count). The van der Waals surface area contributed by atoms with Crippen LogP contribution in [0.25, 0.3) is 16.6 Å². The van der Waals surface area contributed by atoms with E-state index in [0.29, 0.717) is 5.82 Å². The van der Waals surface area contributed by atoms with E-state index in [1.807, 2.05) is 41.7 Å². The summed E-state index contributed by atoms with van der Waals surface area (Å²) in [6, 6.07) is 10.1. The van der Waals surface area contributed by atoms with Crippen molar-refractivity contribution in [2.45, 2.75) is 6.92 Å². The third-order valence-electron chi connectivity index (χ3n) is 2.54. The number of oxazole rings is 1. The average Bonchev–Trinajstić information content (AvgIpc) is 2.65. The summed E-state index contributed by atoms with van der Waals surface area (Å²) in [5.74, 6) is 1.45. The van der Waals surface area contributed by atoms with Crippen LogP contribution in [-0.2, 0) is 0 Å². The van der Waals surface area contributed by atoms with Gasteiger partial charge < -0.3 is 10.2 Å². The molecule has 0 unspecified atom stereocenters. The largest absolute Gasteiger partial charge is 0.441 e. The number of para-hydroxylation sites is 1. The molecule has 14 heavy (non-hydrogen) atoms. The minimum absolute atomic E-state index is 0.682. The molecule has 0 radical (unpaired) electrons. The lowest BCUT2D eigenvalue weighted by Crippen LogP contribution is -1.92. The zero-order chi connectivity index (χ0) is 9.71. The highest BCUT2D eigenvalue weighted by molar-refractivity contribution is 5.87. The summed E-state index contributed by atoms with van der Waals surface area (Å²) in [4.78, 5) is 0. The maximum Gasteiger partial charge on any atom is 0.206 e. The van der Waals surface area contributed by atoms with Gasteiger partial charge in [-0.05, 0) is 13.0 Å². The second kappa shape index (κ2) is 2.32. The van der Waals surface area contributed by atoms with Gasteiger partial charge in [-0.3, -0.25) is 4.40 Å². The number of fused-ring (bicyclic) bond motifs is 3. The molecule has 0 saturated carbocycles. The van der Waals surface area contributed by atoms with Gasteiger partial charge in [0, 0.05) is 11.5 Å². The monoisotopic (exact) mass is 186 g/mol. The summed E-state index contributed by atoms with van der Waals surface area (Å²) < 4.78 is 7.46. The molecular weight excluding hydrogens is 176 g/mol. The van der Waals surface area contributed by atoms with Gasteiger partial charge in [-0.15, -0.1) is 0 Å². The molecule has 2 heterocycles. The van der Waals surface area contributed by atoms with E-state index in [0.717, 1.165) is 22.4 Å². The van der Waals surface area contributed by atoms with Crippen molar-refractivity contribution >= 4 is 22.4 Å². The van der Waals surface area contributed by atoms with Gasteiger partial charge in [0.25, 0.3) is 0 Å². The van der Waals surface area contributed by atoms with E-state index >= 15 is 0 Å². The van der Waals surface area contributed by atoms with E-state index in [9.17, 15) is 0 Å². The highest BCUT2D eigenvalue weighted by Crippen LogP contribution is 2.26. The van der Waals surface area contributed by atoms with Crippen molar-refractivity contribution in [1.29, 1.82) is 0 Å². The Morgan fingerprint density at radius 2 is 2.07 bits per heavy atom. The van der Waals surface area contributed by atoms with E-state index in [4.69, 9.17) is 10.2 Å². The molecule has 0 amide bonds. The summed E-state index contributed by atoms with van der Waals surface area (Å²) in [7, 11) is 0. The average molecular weight is 186 g/mol. The topological polar surface area (TPSA) is 43.6 Å². The SMILES string of the molecule is Cc1oc2cc3ccccc3n2c1N. The van der Waals surface area contributed by atoms with E-state index in [1.165, 1.54) is 0 Å². The Hall–Kier alpha value is -1.90. The van der Waals surface area contributed by atoms with Crippen molar-refractivity contribution in [2.24, 2.45) is 0 Å². The van der Waals surface area contributed by atoms with Gasteiger partial charge >= 0.3 is 0 Å². The van der Waals surface area contributed by atoms with Crippen molar-refractivity contribution in [3.05, 3.63) is 36.1 Å². The number of nitrogens with zero attached hydrogens (tertiary/aromatic N) is 1. The Labute approximate surface area is 80.7 Å². The lowest BCUT2D eigenvalue weighted by Gasteiger charge is -1.93. The van der Waals surface area contributed by atoms with Crippen molar-refractivity contribution in [3.63, 3.8) is 0 Å². The number of benzene rings is 1. The Morgan fingerprint density at radius 3 is 2.93 bits per heavy atom. The molecule has 0 bridgehead atoms. The first-order valence-electron chi connectivity index (χ1n) is 4.52. The standard InChI is InChI=1S/C11H10N2O/c1-7-11(12)13-9-5-3-2-4-8(9)6-10(13)14-7/h2-6H,12H2,1H3. The quantitative estimate of drug-likeness (QED) is 0.586. The summed E-state index contributed by atoms with van der Waals surface area (Å²) in [5, 5.41) is 1.15. The van der Waals surface area contributed by atoms with Crippen molar-refractivity contribution in [2.75, 3.05) is 5.73 Å². The first-order valence-corrected chi connectivity index (χ1v) is 4.52. The van der Waals surface area contributed by atoms with Gasteiger partial charge in [0.2, 0.25) is 5.71 Å². The van der Waals surface area contributed by atoms with E-state index in [1.54, 1.807) is 0 Å². The second-order valence-corrected chi connectivity index (χ2v) is 3.42. The van der Waals surface area contributed by atoms with Crippen LogP contribution in [0.5, 0.6) is 0 Å². The number of anilines is 1. The third kappa shape index (κ3) is 0.763. The van der Waals surface area contributed by atoms with Crippen molar-refractivity contribution in [3.8, 4) is 0 Å². The summed E-state index contributed by atoms with van der Waals surface area (Å²) >= 11 is 0. The van der Waals surface area contributed by atoms with Crippen LogP contribution in [0.15, 0.2) is 34.7 Å². The predicted octanol–water partition coefficient (Wildman–Crippen LogP) is 2.58. The van der Waals surface area contributed by atoms with E-state index in [-0.39, 0.29) is 0 Å². The third-order valence-corrected chi connectivity index (χ3v) is 2.54. The lowest BCUT2D eigenvalue weighted by atomic mass is 10.2. The van der Waals surface area contributed by atoms with E-state index in [2.05, 4.69) is 0 Å². The number of aryl methyl sites for hydroxylation is 1. The van der Waals surface area contributed by atoms with Gasteiger partial charge in [-0.1, -0.05) is 18.2 Å². The molecule has 0 atom stereocenters. The van der Waals surface area contributed by atoms with Crippen LogP contribution in [0.2, 0.25) is 0 Å². The van der Waals surface area contributed by atoms with Crippen LogP contribution < -0.4 is 5.73 Å². The molecule has 0 aliphatic heterocycles. The number of aromatic nitrogens is 1. The fourth-order valence-corrected chi connectivity index (χ4v) is 1.82. The van der Waals surface area contributed by atoms with Crippen LogP contribution in [0.4, 0.5) is 5.82 Å². The molecule has 2 aromatic heterocycles. The fourth-order valence-electron chi connectivity index (χ4n) is 1.82. The van der Waals surface area contributed by atoms with Crippen molar-refractivity contribution in [1.82, 2.24) is 4.40 Å². The molecule has 1 aromatic carbocycles. The number of rotatable bonds is 0. The van der Waals surface area contributed by atoms with Gasteiger partial charge in [0.05, 0.1) is 5.52 Å². The van der Waals surface area contributed by atoms with Gasteiger partial charge in [0.1, 0.15) is 11.6 Å². The molecule has 0 fully saturated rings. The maximum atomic E-state index is 5.92. The van der Waals surface area contributed by atoms with Gasteiger partial charge in [-0.2, -0.15) is 0 Å². The first-order chi connectivity index (χ1) is 6.77. The normalized spacial score (nSPS) is 11.5. The number of hydrogen-bond donors (Lipinski definition) is 1. The van der Waals surface area contributed by atoms with Crippen LogP contribution in [0.3, 0.4) is 0 Å². The fraction of sp³-hybridized carbons (Fsp3) is 0.0909. The molecule has 3 heteroatoms. The minimum Gasteiger partial charge on any atom is -0.441 e. The molecule has 3 nitrogen and oxygen atoms in total. The van der Waals surface area contributed by atoms with Crippen LogP contribution in [0.1, 0.15) is 5.76 Å².